The van der Waals surface area contributed by atoms with Crippen LogP contribution in [0.4, 0.5) is 38.5 Å². The summed E-state index contributed by atoms with van der Waals surface area (Å²) >= 11 is 0. The molecular formula is C61H44FN3. The average Bonchev–Trinajstić information content (AvgIpc) is 3.80. The highest BCUT2D eigenvalue weighted by atomic mass is 19.1. The predicted octanol–water partition coefficient (Wildman–Crippen LogP) is 17.0. The van der Waals surface area contributed by atoms with Gasteiger partial charge in [-0.2, -0.15) is 0 Å². The third kappa shape index (κ3) is 6.40. The maximum absolute atomic E-state index is 14.6. The lowest BCUT2D eigenvalue weighted by Crippen LogP contribution is -2.17. The van der Waals surface area contributed by atoms with Crippen LogP contribution in [0.2, 0.25) is 0 Å². The normalized spacial score (nSPS) is 12.7. The van der Waals surface area contributed by atoms with E-state index in [-0.39, 0.29) is 11.2 Å². The summed E-state index contributed by atoms with van der Waals surface area (Å²) in [6.45, 7) is 4.67. The molecule has 4 heteroatoms. The number of nitrogens with zero attached hydrogens (tertiary/aromatic N) is 3. The second-order valence-electron chi connectivity index (χ2n) is 17.5. The molecule has 0 atom stereocenters. The zero-order valence-electron chi connectivity index (χ0n) is 36.2. The van der Waals surface area contributed by atoms with Gasteiger partial charge in [-0.05, 0) is 142 Å². The van der Waals surface area contributed by atoms with Crippen molar-refractivity contribution in [1.82, 2.24) is 4.57 Å². The minimum atomic E-state index is -0.274. The van der Waals surface area contributed by atoms with Gasteiger partial charge in [-0.15, -0.1) is 0 Å². The van der Waals surface area contributed by atoms with E-state index in [9.17, 15) is 4.39 Å². The van der Waals surface area contributed by atoms with Crippen LogP contribution in [0.1, 0.15) is 25.0 Å². The van der Waals surface area contributed by atoms with Crippen molar-refractivity contribution in [3.8, 4) is 27.9 Å². The van der Waals surface area contributed by atoms with Gasteiger partial charge in [0.15, 0.2) is 0 Å². The van der Waals surface area contributed by atoms with Gasteiger partial charge in [0.1, 0.15) is 5.82 Å². The maximum Gasteiger partial charge on any atom is 0.123 e. The van der Waals surface area contributed by atoms with Gasteiger partial charge in [0.2, 0.25) is 0 Å². The van der Waals surface area contributed by atoms with Crippen molar-refractivity contribution >= 4 is 66.7 Å². The lowest BCUT2D eigenvalue weighted by Gasteiger charge is -2.31. The molecule has 310 valence electrons. The Morgan fingerprint density at radius 1 is 0.369 bits per heavy atom. The van der Waals surface area contributed by atoms with E-state index in [0.717, 1.165) is 62.0 Å². The van der Waals surface area contributed by atoms with Crippen molar-refractivity contribution in [1.29, 1.82) is 0 Å². The van der Waals surface area contributed by atoms with Crippen molar-refractivity contribution in [2.24, 2.45) is 0 Å². The lowest BCUT2D eigenvalue weighted by atomic mass is 9.82. The molecule has 0 N–H and O–H groups in total. The third-order valence-electron chi connectivity index (χ3n) is 13.4. The summed E-state index contributed by atoms with van der Waals surface area (Å²) in [7, 11) is 0. The number of aromatic nitrogens is 1. The van der Waals surface area contributed by atoms with Crippen molar-refractivity contribution in [3.05, 3.63) is 247 Å². The largest absolute Gasteiger partial charge is 0.310 e. The van der Waals surface area contributed by atoms with Gasteiger partial charge >= 0.3 is 0 Å². The Hall–Kier alpha value is -8.21. The molecule has 0 bridgehead atoms. The van der Waals surface area contributed by atoms with Crippen LogP contribution in [0.15, 0.2) is 231 Å². The van der Waals surface area contributed by atoms with Crippen LogP contribution in [-0.4, -0.2) is 4.57 Å². The number of para-hydroxylation sites is 3. The molecule has 0 spiro atoms. The van der Waals surface area contributed by atoms with Crippen LogP contribution >= 0.6 is 0 Å². The number of benzene rings is 10. The summed E-state index contributed by atoms with van der Waals surface area (Å²) in [5.41, 5.74) is 16.5. The Morgan fingerprint density at radius 2 is 0.938 bits per heavy atom. The molecular weight excluding hydrogens is 794 g/mol. The molecule has 0 amide bonds. The molecule has 0 saturated carbocycles. The standard InChI is InChI=1S/C61H44FN3/c1-61(2)56-25-13-11-23-52(56)53-34-33-48(40-57(53)61)64(46-20-7-4-8-21-46)50-37-43(36-49(39-50)63(45-18-5-3-6-19-45)47-31-29-44(62)30-32-47)42-28-35-60-55(38-42)54-24-12-14-26-59(54)65(60)58-27-15-17-41-16-9-10-22-51(41)58/h3-40H,1-2H3. The van der Waals surface area contributed by atoms with Crippen molar-refractivity contribution in [3.63, 3.8) is 0 Å². The van der Waals surface area contributed by atoms with Gasteiger partial charge in [0.25, 0.3) is 0 Å². The summed E-state index contributed by atoms with van der Waals surface area (Å²) in [6, 6.07) is 81.2. The number of halogens is 1. The van der Waals surface area contributed by atoms with Crippen LogP contribution in [-0.2, 0) is 5.41 Å². The van der Waals surface area contributed by atoms with E-state index in [1.54, 1.807) is 0 Å². The molecule has 3 nitrogen and oxygen atoms in total. The summed E-state index contributed by atoms with van der Waals surface area (Å²) in [4.78, 5) is 4.61. The molecule has 1 heterocycles. The first-order chi connectivity index (χ1) is 31.9. The van der Waals surface area contributed by atoms with Crippen molar-refractivity contribution in [2.75, 3.05) is 9.80 Å². The number of anilines is 6. The van der Waals surface area contributed by atoms with E-state index in [0.29, 0.717) is 0 Å². The Balaban J connectivity index is 1.11. The van der Waals surface area contributed by atoms with Crippen LogP contribution in [0.25, 0.3) is 60.5 Å². The van der Waals surface area contributed by atoms with Gasteiger partial charge in [-0.1, -0.05) is 141 Å². The number of hydrogen-bond donors (Lipinski definition) is 0. The Kier molecular flexibility index (Phi) is 9.03. The zero-order chi connectivity index (χ0) is 43.6. The Labute approximate surface area is 378 Å². The van der Waals surface area contributed by atoms with E-state index in [4.69, 9.17) is 0 Å². The number of fused-ring (bicyclic) bond motifs is 7. The SMILES string of the molecule is CC1(C)c2ccccc2-c2ccc(N(c3ccccc3)c3cc(-c4ccc5c(c4)c4ccccc4n5-c4cccc5ccccc45)cc(N(c4ccccc4)c4ccc(F)cc4)c3)cc21. The Bertz CT molecular complexity index is 3580. The molecule has 65 heavy (non-hydrogen) atoms. The number of rotatable bonds is 8. The zero-order valence-corrected chi connectivity index (χ0v) is 36.2. The first-order valence-corrected chi connectivity index (χ1v) is 22.3. The van der Waals surface area contributed by atoms with Crippen molar-refractivity contribution in [2.45, 2.75) is 19.3 Å². The van der Waals surface area contributed by atoms with E-state index in [1.807, 2.05) is 18.2 Å². The fraction of sp³-hybridized carbons (Fsp3) is 0.0492. The van der Waals surface area contributed by atoms with Gasteiger partial charge in [0, 0.05) is 55.7 Å². The first kappa shape index (κ1) is 38.5. The van der Waals surface area contributed by atoms with Crippen LogP contribution in [0.3, 0.4) is 0 Å². The molecule has 10 aromatic carbocycles. The van der Waals surface area contributed by atoms with Crippen LogP contribution < -0.4 is 9.80 Å². The van der Waals surface area contributed by atoms with Crippen LogP contribution in [0.5, 0.6) is 0 Å². The topological polar surface area (TPSA) is 11.4 Å². The molecule has 0 saturated heterocycles. The van der Waals surface area contributed by atoms with E-state index in [1.165, 1.54) is 55.9 Å². The maximum atomic E-state index is 14.6. The van der Waals surface area contributed by atoms with Crippen LogP contribution in [0, 0.1) is 5.82 Å². The monoisotopic (exact) mass is 837 g/mol. The van der Waals surface area contributed by atoms with Gasteiger partial charge in [0.05, 0.1) is 16.7 Å². The summed E-state index contributed by atoms with van der Waals surface area (Å²) in [5.74, 6) is -0.274. The molecule has 0 fully saturated rings. The lowest BCUT2D eigenvalue weighted by molar-refractivity contribution is 0.628. The average molecular weight is 838 g/mol. The fourth-order valence-electron chi connectivity index (χ4n) is 10.3. The molecule has 0 unspecified atom stereocenters. The highest BCUT2D eigenvalue weighted by Crippen LogP contribution is 2.51. The third-order valence-corrected chi connectivity index (χ3v) is 13.4. The number of hydrogen-bond acceptors (Lipinski definition) is 2. The quantitative estimate of drug-likeness (QED) is 0.151. The van der Waals surface area contributed by atoms with Crippen molar-refractivity contribution < 1.29 is 4.39 Å². The van der Waals surface area contributed by atoms with Gasteiger partial charge in [-0.3, -0.25) is 0 Å². The Morgan fingerprint density at radius 3 is 1.69 bits per heavy atom. The van der Waals surface area contributed by atoms with Gasteiger partial charge < -0.3 is 14.4 Å². The summed E-state index contributed by atoms with van der Waals surface area (Å²) in [6.07, 6.45) is 0. The fourth-order valence-corrected chi connectivity index (χ4v) is 10.3. The van der Waals surface area contributed by atoms with Gasteiger partial charge in [-0.25, -0.2) is 4.39 Å². The first-order valence-electron chi connectivity index (χ1n) is 22.3. The summed E-state index contributed by atoms with van der Waals surface area (Å²) < 4.78 is 17.0. The molecule has 1 aliphatic carbocycles. The highest BCUT2D eigenvalue weighted by molar-refractivity contribution is 6.12. The van der Waals surface area contributed by atoms with E-state index < -0.39 is 0 Å². The molecule has 12 rings (SSSR count). The minimum Gasteiger partial charge on any atom is -0.310 e. The summed E-state index contributed by atoms with van der Waals surface area (Å²) in [5, 5.41) is 4.79. The second kappa shape index (κ2) is 15.3. The second-order valence-corrected chi connectivity index (χ2v) is 17.5. The minimum absolute atomic E-state index is 0.176. The smallest absolute Gasteiger partial charge is 0.123 e. The predicted molar refractivity (Wildman–Crippen MR) is 271 cm³/mol. The molecule has 1 aromatic heterocycles. The highest BCUT2D eigenvalue weighted by Gasteiger charge is 2.36. The van der Waals surface area contributed by atoms with E-state index >= 15 is 0 Å². The molecule has 0 radical (unpaired) electrons. The molecule has 0 aliphatic heterocycles. The molecule has 11 aromatic rings. The molecule has 1 aliphatic rings. The van der Waals surface area contributed by atoms with E-state index in [2.05, 4.69) is 228 Å².